The van der Waals surface area contributed by atoms with Crippen molar-refractivity contribution >= 4 is 22.5 Å². The monoisotopic (exact) mass is 323 g/mol. The third-order valence-electron chi connectivity index (χ3n) is 3.83. The van der Waals surface area contributed by atoms with E-state index >= 15 is 0 Å². The number of amides is 1. The summed E-state index contributed by atoms with van der Waals surface area (Å²) in [5.74, 6) is 0.332. The maximum atomic E-state index is 12.0. The second-order valence-electron chi connectivity index (χ2n) is 5.37. The van der Waals surface area contributed by atoms with E-state index in [-0.39, 0.29) is 18.2 Å². The molecule has 3 aromatic rings. The number of fused-ring (bicyclic) bond motifs is 1. The summed E-state index contributed by atoms with van der Waals surface area (Å²) in [6.45, 7) is 0. The first-order chi connectivity index (χ1) is 11.6. The number of carbonyl (C=O) groups excluding carboxylic acids is 1. The first-order valence-electron chi connectivity index (χ1n) is 7.44. The van der Waals surface area contributed by atoms with Crippen LogP contribution in [0.1, 0.15) is 5.56 Å². The first kappa shape index (κ1) is 15.7. The highest BCUT2D eigenvalue weighted by molar-refractivity contribution is 5.95. The lowest BCUT2D eigenvalue weighted by molar-refractivity contribution is -0.117. The molecule has 24 heavy (non-hydrogen) atoms. The molecule has 0 atom stereocenters. The van der Waals surface area contributed by atoms with Gasteiger partial charge in [-0.05, 0) is 23.8 Å². The molecule has 0 aliphatic carbocycles. The second kappa shape index (κ2) is 6.54. The van der Waals surface area contributed by atoms with Gasteiger partial charge in [0, 0.05) is 12.4 Å². The quantitative estimate of drug-likeness (QED) is 0.743. The molecule has 122 valence electrons. The Balaban J connectivity index is 1.80. The van der Waals surface area contributed by atoms with E-state index in [1.165, 1.54) is 0 Å². The van der Waals surface area contributed by atoms with Gasteiger partial charge in [0.15, 0.2) is 5.69 Å². The van der Waals surface area contributed by atoms with Crippen LogP contribution in [0.2, 0.25) is 0 Å². The van der Waals surface area contributed by atoms with Gasteiger partial charge in [-0.25, -0.2) is 0 Å². The molecule has 6 heteroatoms. The molecule has 0 unspecified atom stereocenters. The fourth-order valence-corrected chi connectivity index (χ4v) is 2.52. The summed E-state index contributed by atoms with van der Waals surface area (Å²) < 4.78 is 6.69. The van der Waals surface area contributed by atoms with Crippen molar-refractivity contribution in [2.75, 3.05) is 7.11 Å². The molecule has 0 aliphatic rings. The highest BCUT2D eigenvalue weighted by Crippen LogP contribution is 2.37. The van der Waals surface area contributed by atoms with E-state index in [2.05, 4.69) is 10.2 Å². The molecule has 0 saturated carbocycles. The third kappa shape index (κ3) is 2.99. The topological polar surface area (TPSA) is 76.2 Å². The van der Waals surface area contributed by atoms with Crippen molar-refractivity contribution in [2.45, 2.75) is 6.42 Å². The van der Waals surface area contributed by atoms with Crippen LogP contribution in [-0.4, -0.2) is 22.7 Å². The van der Waals surface area contributed by atoms with Gasteiger partial charge in [-0.3, -0.25) is 4.79 Å². The van der Waals surface area contributed by atoms with Crippen LogP contribution >= 0.6 is 0 Å². The molecule has 0 spiro atoms. The molecule has 1 amide bonds. The van der Waals surface area contributed by atoms with Crippen molar-refractivity contribution in [3.05, 3.63) is 54.1 Å². The van der Waals surface area contributed by atoms with Gasteiger partial charge in [0.1, 0.15) is 5.75 Å². The van der Waals surface area contributed by atoms with Gasteiger partial charge in [-0.1, -0.05) is 30.3 Å². The maximum absolute atomic E-state index is 12.0. The molecule has 1 heterocycles. The van der Waals surface area contributed by atoms with Crippen LogP contribution in [0, 0.1) is 0 Å². The minimum Gasteiger partial charge on any atom is -0.497 e. The fourth-order valence-electron chi connectivity index (χ4n) is 2.52. The number of rotatable bonds is 4. The lowest BCUT2D eigenvalue weighted by atomic mass is 10.1. The Bertz CT molecular complexity index is 911. The minimum atomic E-state index is -0.382. The van der Waals surface area contributed by atoms with Crippen LogP contribution in [0.25, 0.3) is 10.9 Å². The molecular formula is C18H17N3O3. The molecule has 6 nitrogen and oxygen atoms in total. The molecule has 2 aromatic carbocycles. The van der Waals surface area contributed by atoms with Gasteiger partial charge >= 0.3 is 0 Å². The molecule has 0 bridgehead atoms. The van der Waals surface area contributed by atoms with Gasteiger partial charge < -0.3 is 14.4 Å². The Hall–Kier alpha value is -3.15. The van der Waals surface area contributed by atoms with E-state index in [0.29, 0.717) is 5.69 Å². The number of nitrogens with zero attached hydrogens (tertiary/aromatic N) is 3. The van der Waals surface area contributed by atoms with E-state index in [1.54, 1.807) is 30.9 Å². The Morgan fingerprint density at radius 2 is 1.88 bits per heavy atom. The molecule has 1 N–H and O–H groups in total. The van der Waals surface area contributed by atoms with E-state index in [9.17, 15) is 9.90 Å². The van der Waals surface area contributed by atoms with Gasteiger partial charge in [0.2, 0.25) is 5.88 Å². The molecular weight excluding hydrogens is 306 g/mol. The van der Waals surface area contributed by atoms with Crippen LogP contribution < -0.4 is 4.74 Å². The number of azo groups is 1. The number of hydrogen-bond acceptors (Lipinski definition) is 4. The number of carbonyl (C=O) groups is 1. The summed E-state index contributed by atoms with van der Waals surface area (Å²) in [6, 6.07) is 14.6. The SMILES string of the molecule is COc1ccc(CC(=O)N=Nc2c(O)n(C)c3ccccc23)cc1. The van der Waals surface area contributed by atoms with Crippen LogP contribution in [-0.2, 0) is 18.3 Å². The predicted octanol–water partition coefficient (Wildman–Crippen LogP) is 3.75. The lowest BCUT2D eigenvalue weighted by Crippen LogP contribution is -1.97. The van der Waals surface area contributed by atoms with E-state index in [4.69, 9.17) is 4.74 Å². The molecule has 0 saturated heterocycles. The smallest absolute Gasteiger partial charge is 0.269 e. The normalized spacial score (nSPS) is 11.2. The average Bonchev–Trinajstić information content (AvgIpc) is 2.85. The summed E-state index contributed by atoms with van der Waals surface area (Å²) in [4.78, 5) is 12.0. The van der Waals surface area contributed by atoms with Crippen LogP contribution in [0.5, 0.6) is 11.6 Å². The van der Waals surface area contributed by atoms with Crippen molar-refractivity contribution in [1.82, 2.24) is 4.57 Å². The number of ether oxygens (including phenoxy) is 1. The molecule has 0 radical (unpaired) electrons. The average molecular weight is 323 g/mol. The zero-order valence-electron chi connectivity index (χ0n) is 13.4. The van der Waals surface area contributed by atoms with Crippen molar-refractivity contribution in [2.24, 2.45) is 17.3 Å². The van der Waals surface area contributed by atoms with E-state index in [0.717, 1.165) is 22.2 Å². The summed E-state index contributed by atoms with van der Waals surface area (Å²) in [7, 11) is 3.32. The standard InChI is InChI=1S/C18H17N3O3/c1-21-15-6-4-3-5-14(15)17(18(21)23)20-19-16(22)11-12-7-9-13(24-2)10-8-12/h3-10,23H,11H2,1-2H3. The Labute approximate surface area is 139 Å². The molecule has 0 fully saturated rings. The third-order valence-corrected chi connectivity index (χ3v) is 3.83. The maximum Gasteiger partial charge on any atom is 0.269 e. The van der Waals surface area contributed by atoms with Crippen molar-refractivity contribution < 1.29 is 14.6 Å². The zero-order chi connectivity index (χ0) is 17.1. The molecule has 3 rings (SSSR count). The number of aromatic hydroxyl groups is 1. The van der Waals surface area contributed by atoms with E-state index < -0.39 is 0 Å². The largest absolute Gasteiger partial charge is 0.497 e. The van der Waals surface area contributed by atoms with Crippen molar-refractivity contribution in [1.29, 1.82) is 0 Å². The van der Waals surface area contributed by atoms with Crippen molar-refractivity contribution in [3.8, 4) is 11.6 Å². The number of hydrogen-bond donors (Lipinski definition) is 1. The number of methoxy groups -OCH3 is 1. The van der Waals surface area contributed by atoms with Gasteiger partial charge in [0.05, 0.1) is 19.0 Å². The minimum absolute atomic E-state index is 0.0165. The van der Waals surface area contributed by atoms with Crippen LogP contribution in [0.3, 0.4) is 0 Å². The van der Waals surface area contributed by atoms with Gasteiger partial charge in [0.25, 0.3) is 5.91 Å². The highest BCUT2D eigenvalue weighted by Gasteiger charge is 2.14. The van der Waals surface area contributed by atoms with Gasteiger partial charge in [-0.15, -0.1) is 10.2 Å². The summed E-state index contributed by atoms with van der Waals surface area (Å²) in [6.07, 6.45) is 0.138. The van der Waals surface area contributed by atoms with Crippen LogP contribution in [0.4, 0.5) is 5.69 Å². The van der Waals surface area contributed by atoms with E-state index in [1.807, 2.05) is 36.4 Å². The number of aromatic nitrogens is 1. The molecule has 1 aromatic heterocycles. The molecule has 0 aliphatic heterocycles. The fraction of sp³-hybridized carbons (Fsp3) is 0.167. The predicted molar refractivity (Wildman–Crippen MR) is 90.8 cm³/mol. The highest BCUT2D eigenvalue weighted by atomic mass is 16.5. The zero-order valence-corrected chi connectivity index (χ0v) is 13.4. The summed E-state index contributed by atoms with van der Waals surface area (Å²) >= 11 is 0. The Morgan fingerprint density at radius 1 is 1.17 bits per heavy atom. The summed E-state index contributed by atoms with van der Waals surface area (Å²) in [5, 5.41) is 18.6. The van der Waals surface area contributed by atoms with Crippen LogP contribution in [0.15, 0.2) is 58.8 Å². The second-order valence-corrected chi connectivity index (χ2v) is 5.37. The van der Waals surface area contributed by atoms with Gasteiger partial charge in [-0.2, -0.15) is 0 Å². The number of aryl methyl sites for hydroxylation is 1. The Morgan fingerprint density at radius 3 is 2.58 bits per heavy atom. The number of para-hydroxylation sites is 1. The van der Waals surface area contributed by atoms with Crippen molar-refractivity contribution in [3.63, 3.8) is 0 Å². The number of benzene rings is 2. The lowest BCUT2D eigenvalue weighted by Gasteiger charge is -2.00. The first-order valence-corrected chi connectivity index (χ1v) is 7.44. The summed E-state index contributed by atoms with van der Waals surface area (Å²) in [5.41, 5.74) is 1.95. The Kier molecular flexibility index (Phi) is 4.29.